The Bertz CT molecular complexity index is 663. The topological polar surface area (TPSA) is 73.1 Å². The van der Waals surface area contributed by atoms with Crippen LogP contribution >= 0.6 is 15.9 Å². The van der Waals surface area contributed by atoms with Crippen LogP contribution in [0.4, 0.5) is 30.6 Å². The molecule has 0 spiro atoms. The largest absolute Gasteiger partial charge is 0.573 e. The van der Waals surface area contributed by atoms with E-state index in [1.165, 1.54) is 18.3 Å². The van der Waals surface area contributed by atoms with Gasteiger partial charge in [-0.3, -0.25) is 0 Å². The first-order chi connectivity index (χ1) is 9.74. The Balaban J connectivity index is 2.37. The van der Waals surface area contributed by atoms with E-state index in [1.807, 2.05) is 0 Å². The average Bonchev–Trinajstić information content (AvgIpc) is 2.35. The number of nitrogen functional groups attached to an aromatic ring is 1. The van der Waals surface area contributed by atoms with E-state index in [4.69, 9.17) is 5.73 Å². The van der Waals surface area contributed by atoms with Crippen molar-refractivity contribution < 1.29 is 17.9 Å². The van der Waals surface area contributed by atoms with Crippen molar-refractivity contribution in [3.05, 3.63) is 34.4 Å². The first kappa shape index (κ1) is 15.4. The lowest BCUT2D eigenvalue weighted by Crippen LogP contribution is -2.18. The van der Waals surface area contributed by atoms with Gasteiger partial charge in [-0.05, 0) is 25.1 Å². The Morgan fingerprint density at radius 3 is 2.71 bits per heavy atom. The SMILES string of the molecule is Cc1cnc(N)nc1Nc1ccc(Br)cc1OC(F)(F)F. The third-order valence-electron chi connectivity index (χ3n) is 2.41. The highest BCUT2D eigenvalue weighted by molar-refractivity contribution is 9.10. The molecule has 0 unspecified atom stereocenters. The molecule has 112 valence electrons. The summed E-state index contributed by atoms with van der Waals surface area (Å²) >= 11 is 3.09. The van der Waals surface area contributed by atoms with Gasteiger partial charge in [0.1, 0.15) is 5.82 Å². The van der Waals surface area contributed by atoms with Gasteiger partial charge in [0.15, 0.2) is 5.75 Å². The van der Waals surface area contributed by atoms with E-state index in [2.05, 4.69) is 36.0 Å². The van der Waals surface area contributed by atoms with Crippen molar-refractivity contribution in [1.29, 1.82) is 0 Å². The monoisotopic (exact) mass is 362 g/mol. The molecule has 0 saturated heterocycles. The zero-order chi connectivity index (χ0) is 15.6. The smallest absolute Gasteiger partial charge is 0.404 e. The summed E-state index contributed by atoms with van der Waals surface area (Å²) < 4.78 is 41.7. The lowest BCUT2D eigenvalue weighted by molar-refractivity contribution is -0.274. The molecule has 5 nitrogen and oxygen atoms in total. The zero-order valence-electron chi connectivity index (χ0n) is 10.7. The lowest BCUT2D eigenvalue weighted by atomic mass is 10.2. The van der Waals surface area contributed by atoms with Gasteiger partial charge in [0, 0.05) is 16.2 Å². The Kier molecular flexibility index (Phi) is 4.21. The fourth-order valence-corrected chi connectivity index (χ4v) is 1.86. The summed E-state index contributed by atoms with van der Waals surface area (Å²) in [5, 5.41) is 2.75. The van der Waals surface area contributed by atoms with E-state index in [0.717, 1.165) is 0 Å². The molecule has 21 heavy (non-hydrogen) atoms. The second-order valence-corrected chi connectivity index (χ2v) is 4.99. The minimum Gasteiger partial charge on any atom is -0.404 e. The van der Waals surface area contributed by atoms with E-state index in [9.17, 15) is 13.2 Å². The molecule has 0 atom stereocenters. The first-order valence-corrected chi connectivity index (χ1v) is 6.45. The molecule has 0 bridgehead atoms. The quantitative estimate of drug-likeness (QED) is 0.869. The van der Waals surface area contributed by atoms with Gasteiger partial charge in [0.05, 0.1) is 5.69 Å². The molecular weight excluding hydrogens is 353 g/mol. The van der Waals surface area contributed by atoms with Crippen molar-refractivity contribution in [3.63, 3.8) is 0 Å². The molecule has 2 aromatic rings. The maximum absolute atomic E-state index is 12.4. The van der Waals surface area contributed by atoms with Gasteiger partial charge < -0.3 is 15.8 Å². The molecule has 0 fully saturated rings. The zero-order valence-corrected chi connectivity index (χ0v) is 12.3. The van der Waals surface area contributed by atoms with Crippen LogP contribution in [0.1, 0.15) is 5.56 Å². The number of hydrogen-bond donors (Lipinski definition) is 2. The fraction of sp³-hybridized carbons (Fsp3) is 0.167. The van der Waals surface area contributed by atoms with Crippen molar-refractivity contribution in [3.8, 4) is 5.75 Å². The van der Waals surface area contributed by atoms with Crippen molar-refractivity contribution in [2.24, 2.45) is 0 Å². The summed E-state index contributed by atoms with van der Waals surface area (Å²) in [4.78, 5) is 7.72. The molecular formula is C12H10BrF3N4O. The van der Waals surface area contributed by atoms with Crippen LogP contribution in [-0.4, -0.2) is 16.3 Å². The molecule has 0 radical (unpaired) electrons. The summed E-state index contributed by atoms with van der Waals surface area (Å²) in [6.45, 7) is 1.70. The highest BCUT2D eigenvalue weighted by Gasteiger charge is 2.32. The van der Waals surface area contributed by atoms with E-state index in [0.29, 0.717) is 15.9 Å². The van der Waals surface area contributed by atoms with Crippen molar-refractivity contribution in [1.82, 2.24) is 9.97 Å². The van der Waals surface area contributed by atoms with Crippen LogP contribution < -0.4 is 15.8 Å². The van der Waals surface area contributed by atoms with Gasteiger partial charge in [-0.1, -0.05) is 15.9 Å². The third-order valence-corrected chi connectivity index (χ3v) is 2.91. The Labute approximate surface area is 126 Å². The highest BCUT2D eigenvalue weighted by Crippen LogP contribution is 2.34. The minimum absolute atomic E-state index is 0.0125. The highest BCUT2D eigenvalue weighted by atomic mass is 79.9. The lowest BCUT2D eigenvalue weighted by Gasteiger charge is -2.15. The number of alkyl halides is 3. The normalized spacial score (nSPS) is 11.3. The van der Waals surface area contributed by atoms with E-state index in [-0.39, 0.29) is 17.4 Å². The van der Waals surface area contributed by atoms with Crippen molar-refractivity contribution in [2.45, 2.75) is 13.3 Å². The molecule has 9 heteroatoms. The van der Waals surface area contributed by atoms with E-state index < -0.39 is 6.36 Å². The number of aromatic nitrogens is 2. The number of hydrogen-bond acceptors (Lipinski definition) is 5. The number of benzene rings is 1. The Morgan fingerprint density at radius 2 is 2.05 bits per heavy atom. The predicted octanol–water partition coefficient (Wildman–Crippen LogP) is 3.77. The molecule has 1 aromatic carbocycles. The maximum atomic E-state index is 12.4. The number of rotatable bonds is 3. The number of nitrogens with zero attached hydrogens (tertiary/aromatic N) is 2. The fourth-order valence-electron chi connectivity index (χ4n) is 1.52. The molecule has 1 aromatic heterocycles. The molecule has 3 N–H and O–H groups in total. The third kappa shape index (κ3) is 4.22. The maximum Gasteiger partial charge on any atom is 0.573 e. The van der Waals surface area contributed by atoms with Gasteiger partial charge in [0.25, 0.3) is 0 Å². The Morgan fingerprint density at radius 1 is 1.33 bits per heavy atom. The number of nitrogens with two attached hydrogens (primary N) is 1. The van der Waals surface area contributed by atoms with E-state index in [1.54, 1.807) is 13.0 Å². The number of ether oxygens (including phenoxy) is 1. The molecule has 0 amide bonds. The van der Waals surface area contributed by atoms with Crippen LogP contribution in [0.5, 0.6) is 5.75 Å². The van der Waals surface area contributed by atoms with Crippen LogP contribution in [0, 0.1) is 6.92 Å². The molecule has 0 aliphatic carbocycles. The summed E-state index contributed by atoms with van der Waals surface area (Å²) in [5.41, 5.74) is 6.20. The summed E-state index contributed by atoms with van der Waals surface area (Å²) in [6.07, 6.45) is -3.33. The van der Waals surface area contributed by atoms with Crippen LogP contribution in [-0.2, 0) is 0 Å². The number of anilines is 3. The van der Waals surface area contributed by atoms with Crippen LogP contribution in [0.15, 0.2) is 28.9 Å². The first-order valence-electron chi connectivity index (χ1n) is 5.66. The number of aryl methyl sites for hydroxylation is 1. The van der Waals surface area contributed by atoms with Crippen molar-refractivity contribution >= 4 is 33.4 Å². The van der Waals surface area contributed by atoms with Gasteiger partial charge in [-0.25, -0.2) is 4.98 Å². The van der Waals surface area contributed by atoms with E-state index >= 15 is 0 Å². The second-order valence-electron chi connectivity index (χ2n) is 4.07. The number of halogens is 4. The predicted molar refractivity (Wildman–Crippen MR) is 75.3 cm³/mol. The van der Waals surface area contributed by atoms with Crippen LogP contribution in [0.25, 0.3) is 0 Å². The Hall–Kier alpha value is -2.03. The van der Waals surface area contributed by atoms with Gasteiger partial charge >= 0.3 is 6.36 Å². The molecule has 0 saturated carbocycles. The van der Waals surface area contributed by atoms with Gasteiger partial charge in [-0.2, -0.15) is 4.98 Å². The summed E-state index contributed by atoms with van der Waals surface area (Å²) in [5.74, 6) is -0.0659. The minimum atomic E-state index is -4.79. The molecule has 0 aliphatic heterocycles. The van der Waals surface area contributed by atoms with Crippen LogP contribution in [0.2, 0.25) is 0 Å². The van der Waals surface area contributed by atoms with Gasteiger partial charge in [-0.15, -0.1) is 13.2 Å². The number of nitrogens with one attached hydrogen (secondary N) is 1. The summed E-state index contributed by atoms with van der Waals surface area (Å²) in [6, 6.07) is 4.21. The standard InChI is InChI=1S/C12H10BrF3N4O/c1-6-5-18-11(17)20-10(6)19-8-3-2-7(13)4-9(8)21-12(14,15)16/h2-5H,1H3,(H3,17,18,19,20). The summed E-state index contributed by atoms with van der Waals surface area (Å²) in [7, 11) is 0. The molecule has 1 heterocycles. The van der Waals surface area contributed by atoms with Crippen LogP contribution in [0.3, 0.4) is 0 Å². The average molecular weight is 363 g/mol. The van der Waals surface area contributed by atoms with Crippen molar-refractivity contribution in [2.75, 3.05) is 11.1 Å². The molecule has 2 rings (SSSR count). The molecule has 0 aliphatic rings. The van der Waals surface area contributed by atoms with Gasteiger partial charge in [0.2, 0.25) is 5.95 Å². The second kappa shape index (κ2) is 5.76.